The maximum atomic E-state index is 12.4. The molecule has 5 heteroatoms. The summed E-state index contributed by atoms with van der Waals surface area (Å²) in [5.41, 5.74) is 0. The predicted molar refractivity (Wildman–Crippen MR) is 80.8 cm³/mol. The molecule has 2 unspecified atom stereocenters. The molecular formula is C16H27N3O2. The van der Waals surface area contributed by atoms with Crippen molar-refractivity contribution in [2.45, 2.75) is 70.0 Å². The molecule has 118 valence electrons. The van der Waals surface area contributed by atoms with E-state index < -0.39 is 0 Å². The quantitative estimate of drug-likeness (QED) is 0.825. The van der Waals surface area contributed by atoms with E-state index in [1.807, 2.05) is 0 Å². The molecule has 0 saturated carbocycles. The number of nitrogens with one attached hydrogen (secondary N) is 1. The minimum Gasteiger partial charge on any atom is -0.311 e. The highest BCUT2D eigenvalue weighted by atomic mass is 16.2. The first kappa shape index (κ1) is 15.0. The summed E-state index contributed by atoms with van der Waals surface area (Å²) >= 11 is 0. The molecule has 3 fully saturated rings. The highest BCUT2D eigenvalue weighted by Gasteiger charge is 2.37. The van der Waals surface area contributed by atoms with Gasteiger partial charge < -0.3 is 5.32 Å². The van der Waals surface area contributed by atoms with Crippen LogP contribution in [0, 0.1) is 0 Å². The predicted octanol–water partition coefficient (Wildman–Crippen LogP) is 1.13. The zero-order valence-electron chi connectivity index (χ0n) is 13.0. The van der Waals surface area contributed by atoms with Gasteiger partial charge in [0.05, 0.1) is 6.54 Å². The molecule has 2 bridgehead atoms. The van der Waals surface area contributed by atoms with Crippen molar-refractivity contribution in [3.05, 3.63) is 0 Å². The fraction of sp³-hybridized carbons (Fsp3) is 0.875. The van der Waals surface area contributed by atoms with E-state index in [1.54, 1.807) is 0 Å². The fourth-order valence-electron chi connectivity index (χ4n) is 4.17. The zero-order valence-corrected chi connectivity index (χ0v) is 13.0. The van der Waals surface area contributed by atoms with Crippen molar-refractivity contribution in [3.63, 3.8) is 0 Å². The van der Waals surface area contributed by atoms with Gasteiger partial charge in [-0.3, -0.25) is 19.4 Å². The van der Waals surface area contributed by atoms with Gasteiger partial charge in [-0.2, -0.15) is 0 Å². The van der Waals surface area contributed by atoms with Crippen LogP contribution in [0.5, 0.6) is 0 Å². The summed E-state index contributed by atoms with van der Waals surface area (Å²) in [5, 5.41) is 3.66. The molecule has 3 saturated heterocycles. The molecular weight excluding hydrogens is 266 g/mol. The Bertz CT molecular complexity index is 400. The Labute approximate surface area is 127 Å². The molecule has 0 aromatic carbocycles. The summed E-state index contributed by atoms with van der Waals surface area (Å²) in [5.74, 6) is 0.0265. The molecule has 0 aliphatic carbocycles. The Morgan fingerprint density at radius 3 is 2.62 bits per heavy atom. The summed E-state index contributed by atoms with van der Waals surface area (Å²) in [6.45, 7) is 4.16. The van der Waals surface area contributed by atoms with E-state index in [1.165, 1.54) is 17.7 Å². The first-order valence-corrected chi connectivity index (χ1v) is 8.50. The summed E-state index contributed by atoms with van der Waals surface area (Å²) < 4.78 is 0. The molecule has 1 N–H and O–H groups in total. The van der Waals surface area contributed by atoms with Gasteiger partial charge in [0.25, 0.3) is 0 Å². The van der Waals surface area contributed by atoms with E-state index in [9.17, 15) is 9.59 Å². The van der Waals surface area contributed by atoms with Crippen LogP contribution in [0.25, 0.3) is 0 Å². The van der Waals surface area contributed by atoms with Gasteiger partial charge in [-0.05, 0) is 45.1 Å². The van der Waals surface area contributed by atoms with Crippen LogP contribution in [-0.2, 0) is 9.59 Å². The number of hydrogen-bond donors (Lipinski definition) is 1. The molecule has 3 heterocycles. The molecule has 3 aliphatic heterocycles. The largest absolute Gasteiger partial charge is 0.311 e. The number of imide groups is 1. The van der Waals surface area contributed by atoms with Gasteiger partial charge in [-0.15, -0.1) is 0 Å². The number of hydrogen-bond acceptors (Lipinski definition) is 4. The van der Waals surface area contributed by atoms with Crippen LogP contribution in [0.2, 0.25) is 0 Å². The molecule has 2 amide bonds. The van der Waals surface area contributed by atoms with Crippen LogP contribution in [-0.4, -0.2) is 59.4 Å². The minimum atomic E-state index is 0.0110. The summed E-state index contributed by atoms with van der Waals surface area (Å²) in [4.78, 5) is 27.9. The molecule has 3 aliphatic rings. The van der Waals surface area contributed by atoms with Crippen LogP contribution >= 0.6 is 0 Å². The maximum absolute atomic E-state index is 12.4. The second kappa shape index (κ2) is 6.44. The zero-order chi connectivity index (χ0) is 14.8. The van der Waals surface area contributed by atoms with Crippen LogP contribution in [0.15, 0.2) is 0 Å². The first-order valence-electron chi connectivity index (χ1n) is 8.50. The maximum Gasteiger partial charge on any atom is 0.243 e. The number of likely N-dealkylation sites (tertiary alicyclic amines) is 1. The van der Waals surface area contributed by atoms with Crippen molar-refractivity contribution in [1.29, 1.82) is 0 Å². The standard InChI is InChI=1S/C16H27N3O2/c1-2-7-18(11-16(21)19-8-3-4-15(19)20)14-9-12-5-6-13(10-14)17-12/h12-14,17H,2-11H2,1H3. The van der Waals surface area contributed by atoms with Crippen molar-refractivity contribution < 1.29 is 9.59 Å². The van der Waals surface area contributed by atoms with Gasteiger partial charge in [0.2, 0.25) is 11.8 Å². The third-order valence-corrected chi connectivity index (χ3v) is 5.19. The number of fused-ring (bicyclic) bond motifs is 2. The smallest absolute Gasteiger partial charge is 0.243 e. The fourth-order valence-corrected chi connectivity index (χ4v) is 4.17. The molecule has 0 spiro atoms. The number of piperidine rings is 1. The van der Waals surface area contributed by atoms with Gasteiger partial charge in [-0.1, -0.05) is 6.92 Å². The summed E-state index contributed by atoms with van der Waals surface area (Å²) in [6.07, 6.45) is 7.28. The van der Waals surface area contributed by atoms with E-state index in [0.29, 0.717) is 37.6 Å². The number of nitrogens with zero attached hydrogens (tertiary/aromatic N) is 2. The van der Waals surface area contributed by atoms with Crippen molar-refractivity contribution in [2.75, 3.05) is 19.6 Å². The van der Waals surface area contributed by atoms with Crippen molar-refractivity contribution in [2.24, 2.45) is 0 Å². The lowest BCUT2D eigenvalue weighted by Gasteiger charge is -2.37. The molecule has 21 heavy (non-hydrogen) atoms. The minimum absolute atomic E-state index is 0.0110. The molecule has 0 aromatic rings. The molecule has 5 nitrogen and oxygen atoms in total. The second-order valence-electron chi connectivity index (χ2n) is 6.78. The van der Waals surface area contributed by atoms with Crippen molar-refractivity contribution >= 4 is 11.8 Å². The second-order valence-corrected chi connectivity index (χ2v) is 6.78. The van der Waals surface area contributed by atoms with E-state index in [4.69, 9.17) is 0 Å². The Morgan fingerprint density at radius 1 is 1.33 bits per heavy atom. The van der Waals surface area contributed by atoms with Crippen LogP contribution < -0.4 is 5.32 Å². The third kappa shape index (κ3) is 3.29. The van der Waals surface area contributed by atoms with E-state index in [2.05, 4.69) is 17.1 Å². The molecule has 0 aromatic heterocycles. The van der Waals surface area contributed by atoms with E-state index in [-0.39, 0.29) is 11.8 Å². The lowest BCUT2D eigenvalue weighted by atomic mass is 9.98. The van der Waals surface area contributed by atoms with Gasteiger partial charge in [0.15, 0.2) is 0 Å². The lowest BCUT2D eigenvalue weighted by molar-refractivity contribution is -0.143. The number of rotatable bonds is 5. The van der Waals surface area contributed by atoms with Crippen LogP contribution in [0.1, 0.15) is 51.9 Å². The highest BCUT2D eigenvalue weighted by Crippen LogP contribution is 2.30. The third-order valence-electron chi connectivity index (χ3n) is 5.19. The van der Waals surface area contributed by atoms with Gasteiger partial charge in [0.1, 0.15) is 0 Å². The average Bonchev–Trinajstić information content (AvgIpc) is 3.04. The van der Waals surface area contributed by atoms with Gasteiger partial charge in [0, 0.05) is 31.1 Å². The summed E-state index contributed by atoms with van der Waals surface area (Å²) in [7, 11) is 0. The van der Waals surface area contributed by atoms with Gasteiger partial charge >= 0.3 is 0 Å². The van der Waals surface area contributed by atoms with Crippen LogP contribution in [0.3, 0.4) is 0 Å². The Morgan fingerprint density at radius 2 is 2.05 bits per heavy atom. The number of carbonyl (C=O) groups is 2. The number of carbonyl (C=O) groups excluding carboxylic acids is 2. The Kier molecular flexibility index (Phi) is 4.60. The normalized spacial score (nSPS) is 32.2. The van der Waals surface area contributed by atoms with E-state index in [0.717, 1.165) is 32.2 Å². The van der Waals surface area contributed by atoms with Crippen LogP contribution in [0.4, 0.5) is 0 Å². The topological polar surface area (TPSA) is 52.7 Å². The lowest BCUT2D eigenvalue weighted by Crippen LogP contribution is -2.51. The summed E-state index contributed by atoms with van der Waals surface area (Å²) in [6, 6.07) is 1.78. The van der Waals surface area contributed by atoms with Crippen molar-refractivity contribution in [3.8, 4) is 0 Å². The highest BCUT2D eigenvalue weighted by molar-refractivity contribution is 5.97. The Balaban J connectivity index is 1.61. The molecule has 0 radical (unpaired) electrons. The number of amides is 2. The Hall–Kier alpha value is -0.940. The first-order chi connectivity index (χ1) is 10.2. The molecule has 2 atom stereocenters. The van der Waals surface area contributed by atoms with Gasteiger partial charge in [-0.25, -0.2) is 0 Å². The monoisotopic (exact) mass is 293 g/mol. The SMILES string of the molecule is CCCN(CC(=O)N1CCCC1=O)C1CC2CCC(C1)N2. The van der Waals surface area contributed by atoms with E-state index >= 15 is 0 Å². The molecule has 3 rings (SSSR count). The average molecular weight is 293 g/mol. The van der Waals surface area contributed by atoms with Crippen molar-refractivity contribution in [1.82, 2.24) is 15.1 Å².